The molecule has 1 unspecified atom stereocenters. The Kier molecular flexibility index (Phi) is 11.7. The number of ether oxygens (including phenoxy) is 1. The number of allylic oxidation sites excluding steroid dienone is 3. The van der Waals surface area contributed by atoms with Gasteiger partial charge in [-0.2, -0.15) is 0 Å². The molecule has 1 aromatic carbocycles. The zero-order valence-electron chi connectivity index (χ0n) is 14.4. The van der Waals surface area contributed by atoms with Crippen LogP contribution in [0.4, 0.5) is 0 Å². The van der Waals surface area contributed by atoms with Crippen LogP contribution in [0.3, 0.4) is 0 Å². The maximum atomic E-state index is 11.2. The summed E-state index contributed by atoms with van der Waals surface area (Å²) >= 11 is 0. The lowest BCUT2D eigenvalue weighted by atomic mass is 9.99. The third-order valence-corrected chi connectivity index (χ3v) is 2.72. The van der Waals surface area contributed by atoms with E-state index in [1.165, 1.54) is 11.6 Å². The van der Waals surface area contributed by atoms with Crippen LogP contribution in [-0.4, -0.2) is 26.7 Å². The molecular formula is C19H29NO2. The number of rotatable bonds is 6. The van der Waals surface area contributed by atoms with E-state index in [-0.39, 0.29) is 5.97 Å². The van der Waals surface area contributed by atoms with Crippen LogP contribution in [0.5, 0.6) is 0 Å². The Hall–Kier alpha value is -1.87. The molecule has 0 aliphatic rings. The molecule has 0 fully saturated rings. The molecule has 0 amide bonds. The van der Waals surface area contributed by atoms with Crippen molar-refractivity contribution in [3.05, 3.63) is 59.7 Å². The predicted octanol–water partition coefficient (Wildman–Crippen LogP) is 3.77. The van der Waals surface area contributed by atoms with Gasteiger partial charge in [-0.25, -0.2) is 4.79 Å². The van der Waals surface area contributed by atoms with Crippen molar-refractivity contribution in [2.24, 2.45) is 5.92 Å². The summed E-state index contributed by atoms with van der Waals surface area (Å²) in [6.45, 7) is 6.39. The van der Waals surface area contributed by atoms with E-state index >= 15 is 0 Å². The van der Waals surface area contributed by atoms with Crippen LogP contribution in [-0.2, 0) is 16.0 Å². The lowest BCUT2D eigenvalue weighted by Gasteiger charge is -2.07. The van der Waals surface area contributed by atoms with Crippen LogP contribution in [0, 0.1) is 5.92 Å². The zero-order valence-corrected chi connectivity index (χ0v) is 14.4. The standard InChI is InChI=1S/C17H22O2.C2H7N/c1-4-19-17(18)11-10-14(2)12-15(3)13-16-8-6-5-7-9-16;1-3-2/h5-12,15H,4,13H2,1-3H3;3H,1-2H3. The molecule has 0 spiro atoms. The summed E-state index contributed by atoms with van der Waals surface area (Å²) in [4.78, 5) is 11.2. The Morgan fingerprint density at radius 3 is 2.36 bits per heavy atom. The fourth-order valence-electron chi connectivity index (χ4n) is 1.94. The number of esters is 1. The summed E-state index contributed by atoms with van der Waals surface area (Å²) in [7, 11) is 3.75. The molecule has 0 saturated heterocycles. The lowest BCUT2D eigenvalue weighted by Crippen LogP contribution is -1.99. The third-order valence-electron chi connectivity index (χ3n) is 2.72. The first-order valence-electron chi connectivity index (χ1n) is 7.69. The average molecular weight is 303 g/mol. The van der Waals surface area contributed by atoms with Gasteiger partial charge in [0.1, 0.15) is 0 Å². The van der Waals surface area contributed by atoms with Crippen molar-refractivity contribution in [3.63, 3.8) is 0 Å². The first-order valence-corrected chi connectivity index (χ1v) is 7.69. The number of carbonyl (C=O) groups excluding carboxylic acids is 1. The van der Waals surface area contributed by atoms with E-state index in [0.717, 1.165) is 12.0 Å². The first kappa shape index (κ1) is 20.1. The Balaban J connectivity index is 0.00000135. The van der Waals surface area contributed by atoms with Crippen LogP contribution >= 0.6 is 0 Å². The predicted molar refractivity (Wildman–Crippen MR) is 93.8 cm³/mol. The summed E-state index contributed by atoms with van der Waals surface area (Å²) in [5.41, 5.74) is 2.41. The van der Waals surface area contributed by atoms with Gasteiger partial charge in [0.25, 0.3) is 0 Å². The van der Waals surface area contributed by atoms with Crippen molar-refractivity contribution in [3.8, 4) is 0 Å². The molecular weight excluding hydrogens is 274 g/mol. The SMILES string of the molecule is CCOC(=O)C=CC(C)=CC(C)Cc1ccccc1.CNC. The molecule has 0 aliphatic carbocycles. The molecule has 0 aliphatic heterocycles. The van der Waals surface area contributed by atoms with Crippen molar-refractivity contribution in [1.29, 1.82) is 0 Å². The fourth-order valence-corrected chi connectivity index (χ4v) is 1.94. The molecule has 0 bridgehead atoms. The van der Waals surface area contributed by atoms with Crippen LogP contribution in [0.1, 0.15) is 26.3 Å². The van der Waals surface area contributed by atoms with Gasteiger partial charge in [-0.15, -0.1) is 0 Å². The summed E-state index contributed by atoms with van der Waals surface area (Å²) in [6, 6.07) is 10.4. The highest BCUT2D eigenvalue weighted by Crippen LogP contribution is 2.12. The molecule has 0 heterocycles. The van der Waals surface area contributed by atoms with E-state index in [4.69, 9.17) is 4.74 Å². The van der Waals surface area contributed by atoms with E-state index in [2.05, 4.69) is 42.6 Å². The van der Waals surface area contributed by atoms with Crippen LogP contribution in [0.2, 0.25) is 0 Å². The number of hydrogen-bond acceptors (Lipinski definition) is 3. The summed E-state index contributed by atoms with van der Waals surface area (Å²) < 4.78 is 4.84. The molecule has 22 heavy (non-hydrogen) atoms. The van der Waals surface area contributed by atoms with Gasteiger partial charge in [0, 0.05) is 6.08 Å². The highest BCUT2D eigenvalue weighted by atomic mass is 16.5. The quantitative estimate of drug-likeness (QED) is 0.494. The number of carbonyl (C=O) groups is 1. The summed E-state index contributed by atoms with van der Waals surface area (Å²) in [6.07, 6.45) is 6.46. The molecule has 3 heteroatoms. The van der Waals surface area contributed by atoms with E-state index in [1.807, 2.05) is 27.1 Å². The minimum absolute atomic E-state index is 0.286. The second-order valence-electron chi connectivity index (χ2n) is 5.16. The molecule has 0 saturated carbocycles. The van der Waals surface area contributed by atoms with Crippen molar-refractivity contribution >= 4 is 5.97 Å². The molecule has 122 valence electrons. The van der Waals surface area contributed by atoms with Gasteiger partial charge < -0.3 is 10.1 Å². The van der Waals surface area contributed by atoms with Crippen molar-refractivity contribution in [2.45, 2.75) is 27.2 Å². The third kappa shape index (κ3) is 10.9. The molecule has 0 radical (unpaired) electrons. The topological polar surface area (TPSA) is 38.3 Å². The second kappa shape index (κ2) is 12.8. The lowest BCUT2D eigenvalue weighted by molar-refractivity contribution is -0.137. The normalized spacial score (nSPS) is 12.5. The Labute approximate surface area is 135 Å². The summed E-state index contributed by atoms with van der Waals surface area (Å²) in [5.74, 6) is 0.153. The van der Waals surface area contributed by atoms with Gasteiger partial charge in [-0.1, -0.05) is 55.0 Å². The van der Waals surface area contributed by atoms with Gasteiger partial charge in [0.15, 0.2) is 0 Å². The number of benzene rings is 1. The van der Waals surface area contributed by atoms with Crippen molar-refractivity contribution in [1.82, 2.24) is 5.32 Å². The molecule has 0 aromatic heterocycles. The van der Waals surface area contributed by atoms with Gasteiger partial charge in [0.2, 0.25) is 0 Å². The molecule has 1 aromatic rings. The number of nitrogens with one attached hydrogen (secondary N) is 1. The van der Waals surface area contributed by atoms with Crippen molar-refractivity contribution < 1.29 is 9.53 Å². The minimum atomic E-state index is -0.286. The molecule has 3 nitrogen and oxygen atoms in total. The van der Waals surface area contributed by atoms with Crippen LogP contribution in [0.15, 0.2) is 54.1 Å². The monoisotopic (exact) mass is 303 g/mol. The molecule has 1 rings (SSSR count). The Morgan fingerprint density at radius 2 is 1.82 bits per heavy atom. The highest BCUT2D eigenvalue weighted by molar-refractivity contribution is 5.82. The van der Waals surface area contributed by atoms with E-state index < -0.39 is 0 Å². The molecule has 1 atom stereocenters. The van der Waals surface area contributed by atoms with Gasteiger partial charge in [-0.3, -0.25) is 0 Å². The maximum Gasteiger partial charge on any atom is 0.330 e. The smallest absolute Gasteiger partial charge is 0.330 e. The minimum Gasteiger partial charge on any atom is -0.463 e. The average Bonchev–Trinajstić information content (AvgIpc) is 2.47. The first-order chi connectivity index (χ1) is 10.5. The van der Waals surface area contributed by atoms with Gasteiger partial charge in [-0.05, 0) is 45.8 Å². The molecule has 1 N–H and O–H groups in total. The fraction of sp³-hybridized carbons (Fsp3) is 0.421. The van der Waals surface area contributed by atoms with E-state index in [1.54, 1.807) is 13.0 Å². The second-order valence-corrected chi connectivity index (χ2v) is 5.16. The highest BCUT2D eigenvalue weighted by Gasteiger charge is 2.00. The maximum absolute atomic E-state index is 11.2. The summed E-state index contributed by atoms with van der Waals surface area (Å²) in [5, 5.41) is 2.75. The Morgan fingerprint density at radius 1 is 1.23 bits per heavy atom. The zero-order chi connectivity index (χ0) is 16.8. The Bertz CT molecular complexity index is 464. The van der Waals surface area contributed by atoms with E-state index in [9.17, 15) is 4.79 Å². The van der Waals surface area contributed by atoms with Gasteiger partial charge in [0.05, 0.1) is 6.61 Å². The van der Waals surface area contributed by atoms with Crippen LogP contribution < -0.4 is 5.32 Å². The number of hydrogen-bond donors (Lipinski definition) is 1. The van der Waals surface area contributed by atoms with Crippen molar-refractivity contribution in [2.75, 3.05) is 20.7 Å². The van der Waals surface area contributed by atoms with Crippen LogP contribution in [0.25, 0.3) is 0 Å². The van der Waals surface area contributed by atoms with E-state index in [0.29, 0.717) is 12.5 Å². The largest absolute Gasteiger partial charge is 0.463 e. The van der Waals surface area contributed by atoms with Gasteiger partial charge >= 0.3 is 5.97 Å².